The van der Waals surface area contributed by atoms with E-state index in [9.17, 15) is 0 Å². The van der Waals surface area contributed by atoms with Crippen LogP contribution in [0.15, 0.2) is 0 Å². The van der Waals surface area contributed by atoms with E-state index in [2.05, 4.69) is 29.7 Å². The summed E-state index contributed by atoms with van der Waals surface area (Å²) in [6, 6.07) is 3.16. The summed E-state index contributed by atoms with van der Waals surface area (Å²) in [4.78, 5) is 5.41. The van der Waals surface area contributed by atoms with Gasteiger partial charge in [-0.15, -0.1) is 0 Å². The highest BCUT2D eigenvalue weighted by molar-refractivity contribution is 4.89. The first-order valence-electron chi connectivity index (χ1n) is 8.56. The van der Waals surface area contributed by atoms with E-state index >= 15 is 0 Å². The zero-order chi connectivity index (χ0) is 14.4. The third kappa shape index (κ3) is 3.74. The minimum atomic E-state index is 0.365. The van der Waals surface area contributed by atoms with Crippen LogP contribution in [0.1, 0.15) is 58.8 Å². The van der Waals surface area contributed by atoms with Gasteiger partial charge in [0.05, 0.1) is 6.07 Å². The number of hydrogen-bond donors (Lipinski definition) is 0. The molecule has 0 N–H and O–H groups in total. The lowest BCUT2D eigenvalue weighted by Crippen LogP contribution is -2.42. The third-order valence-electron chi connectivity index (χ3n) is 5.71. The zero-order valence-electron chi connectivity index (χ0n) is 13.4. The van der Waals surface area contributed by atoms with Gasteiger partial charge in [-0.2, -0.15) is 5.26 Å². The van der Waals surface area contributed by atoms with Crippen molar-refractivity contribution < 1.29 is 0 Å². The molecule has 0 aliphatic carbocycles. The minimum Gasteiger partial charge on any atom is -0.301 e. The van der Waals surface area contributed by atoms with Crippen LogP contribution >= 0.6 is 0 Å². The molecule has 0 unspecified atom stereocenters. The fraction of sp³-hybridized carbons (Fsp3) is 0.941. The molecule has 2 saturated heterocycles. The Labute approximate surface area is 124 Å². The molecule has 2 aliphatic heterocycles. The molecule has 2 heterocycles. The van der Waals surface area contributed by atoms with Crippen molar-refractivity contribution in [1.29, 1.82) is 5.26 Å². The van der Waals surface area contributed by atoms with Crippen LogP contribution in [0.25, 0.3) is 0 Å². The normalized spacial score (nSPS) is 25.1. The lowest BCUT2D eigenvalue weighted by Gasteiger charge is -2.37. The van der Waals surface area contributed by atoms with Crippen LogP contribution in [0, 0.1) is 16.7 Å². The molecule has 0 aromatic heterocycles. The molecule has 0 bridgehead atoms. The van der Waals surface area contributed by atoms with Crippen molar-refractivity contribution in [1.82, 2.24) is 9.80 Å². The van der Waals surface area contributed by atoms with Gasteiger partial charge >= 0.3 is 0 Å². The summed E-state index contributed by atoms with van der Waals surface area (Å²) < 4.78 is 0. The SMILES string of the molecule is CCC(CC)(CCC#N)CN1CCCN2CCC[C@H]2C1. The molecule has 0 aromatic rings. The zero-order valence-corrected chi connectivity index (χ0v) is 13.4. The highest BCUT2D eigenvalue weighted by atomic mass is 15.3. The van der Waals surface area contributed by atoms with Gasteiger partial charge in [0, 0.05) is 25.6 Å². The summed E-state index contributed by atoms with van der Waals surface area (Å²) in [5, 5.41) is 8.92. The topological polar surface area (TPSA) is 30.3 Å². The number of nitriles is 1. The molecule has 2 rings (SSSR count). The van der Waals surface area contributed by atoms with Crippen LogP contribution < -0.4 is 0 Å². The molecule has 114 valence electrons. The molecule has 0 saturated carbocycles. The number of fused-ring (bicyclic) bond motifs is 1. The van der Waals surface area contributed by atoms with E-state index < -0.39 is 0 Å². The lowest BCUT2D eigenvalue weighted by atomic mass is 9.77. The van der Waals surface area contributed by atoms with Gasteiger partial charge in [-0.05, 0) is 63.6 Å². The second-order valence-electron chi connectivity index (χ2n) is 6.79. The van der Waals surface area contributed by atoms with Crippen molar-refractivity contribution in [3.63, 3.8) is 0 Å². The van der Waals surface area contributed by atoms with E-state index in [-0.39, 0.29) is 0 Å². The Balaban J connectivity index is 1.96. The van der Waals surface area contributed by atoms with Gasteiger partial charge in [-0.25, -0.2) is 0 Å². The second kappa shape index (κ2) is 7.43. The Morgan fingerprint density at radius 2 is 1.90 bits per heavy atom. The monoisotopic (exact) mass is 277 g/mol. The molecular weight excluding hydrogens is 246 g/mol. The highest BCUT2D eigenvalue weighted by Gasteiger charge is 2.33. The van der Waals surface area contributed by atoms with Crippen LogP contribution in [0.3, 0.4) is 0 Å². The molecule has 0 aromatic carbocycles. The summed E-state index contributed by atoms with van der Waals surface area (Å²) in [7, 11) is 0. The van der Waals surface area contributed by atoms with Crippen LogP contribution in [0.5, 0.6) is 0 Å². The Hall–Kier alpha value is -0.590. The third-order valence-corrected chi connectivity index (χ3v) is 5.71. The lowest BCUT2D eigenvalue weighted by molar-refractivity contribution is 0.120. The fourth-order valence-corrected chi connectivity index (χ4v) is 4.13. The number of hydrogen-bond acceptors (Lipinski definition) is 3. The average Bonchev–Trinajstić information content (AvgIpc) is 2.82. The molecule has 3 nitrogen and oxygen atoms in total. The van der Waals surface area contributed by atoms with Crippen LogP contribution in [-0.4, -0.2) is 48.6 Å². The molecule has 2 aliphatic rings. The summed E-state index contributed by atoms with van der Waals surface area (Å²) in [5.74, 6) is 0. The van der Waals surface area contributed by atoms with Gasteiger partial charge < -0.3 is 4.90 Å². The first-order valence-corrected chi connectivity index (χ1v) is 8.56. The van der Waals surface area contributed by atoms with Gasteiger partial charge in [0.15, 0.2) is 0 Å². The molecule has 0 amide bonds. The van der Waals surface area contributed by atoms with Crippen LogP contribution in [-0.2, 0) is 0 Å². The Morgan fingerprint density at radius 3 is 2.60 bits per heavy atom. The molecule has 0 spiro atoms. The average molecular weight is 277 g/mol. The standard InChI is InChI=1S/C17H31N3/c1-3-17(4-2,9-6-10-18)15-19-11-7-13-20-12-5-8-16(20)14-19/h16H,3-9,11-15H2,1-2H3/t16-/m0/s1. The van der Waals surface area contributed by atoms with Crippen molar-refractivity contribution in [3.8, 4) is 6.07 Å². The quantitative estimate of drug-likeness (QED) is 0.746. The van der Waals surface area contributed by atoms with Crippen molar-refractivity contribution in [3.05, 3.63) is 0 Å². The predicted molar refractivity (Wildman–Crippen MR) is 83.5 cm³/mol. The molecular formula is C17H31N3. The smallest absolute Gasteiger partial charge is 0.0621 e. The van der Waals surface area contributed by atoms with Gasteiger partial charge in [-0.3, -0.25) is 4.90 Å². The van der Waals surface area contributed by atoms with Crippen molar-refractivity contribution >= 4 is 0 Å². The van der Waals surface area contributed by atoms with E-state index in [1.165, 1.54) is 64.8 Å². The van der Waals surface area contributed by atoms with E-state index in [4.69, 9.17) is 5.26 Å². The Bertz CT molecular complexity index is 330. The van der Waals surface area contributed by atoms with Gasteiger partial charge in [-0.1, -0.05) is 13.8 Å². The van der Waals surface area contributed by atoms with E-state index in [1.807, 2.05) is 0 Å². The van der Waals surface area contributed by atoms with Crippen molar-refractivity contribution in [2.45, 2.75) is 64.8 Å². The maximum atomic E-state index is 8.92. The van der Waals surface area contributed by atoms with Crippen LogP contribution in [0.4, 0.5) is 0 Å². The largest absolute Gasteiger partial charge is 0.301 e. The number of nitrogens with zero attached hydrogens (tertiary/aromatic N) is 3. The fourth-order valence-electron chi connectivity index (χ4n) is 4.13. The van der Waals surface area contributed by atoms with Crippen molar-refractivity contribution in [2.24, 2.45) is 5.41 Å². The van der Waals surface area contributed by atoms with Gasteiger partial charge in [0.25, 0.3) is 0 Å². The Morgan fingerprint density at radius 1 is 1.15 bits per heavy atom. The molecule has 1 atom stereocenters. The maximum absolute atomic E-state index is 8.92. The second-order valence-corrected chi connectivity index (χ2v) is 6.79. The Kier molecular flexibility index (Phi) is 5.86. The molecule has 2 fully saturated rings. The van der Waals surface area contributed by atoms with E-state index in [0.29, 0.717) is 11.8 Å². The predicted octanol–water partition coefficient (Wildman–Crippen LogP) is 3.27. The maximum Gasteiger partial charge on any atom is 0.0621 e. The van der Waals surface area contributed by atoms with Gasteiger partial charge in [0.1, 0.15) is 0 Å². The van der Waals surface area contributed by atoms with Gasteiger partial charge in [0.2, 0.25) is 0 Å². The summed E-state index contributed by atoms with van der Waals surface area (Å²) in [5.41, 5.74) is 0.365. The minimum absolute atomic E-state index is 0.365. The molecule has 3 heteroatoms. The van der Waals surface area contributed by atoms with E-state index in [0.717, 1.165) is 12.5 Å². The number of rotatable bonds is 6. The first-order chi connectivity index (χ1) is 9.73. The van der Waals surface area contributed by atoms with E-state index in [1.54, 1.807) is 0 Å². The summed E-state index contributed by atoms with van der Waals surface area (Å²) >= 11 is 0. The summed E-state index contributed by atoms with van der Waals surface area (Å²) in [6.07, 6.45) is 8.29. The molecule has 0 radical (unpaired) electrons. The first kappa shape index (κ1) is 15.8. The highest BCUT2D eigenvalue weighted by Crippen LogP contribution is 2.34. The van der Waals surface area contributed by atoms with Crippen molar-refractivity contribution in [2.75, 3.05) is 32.7 Å². The van der Waals surface area contributed by atoms with Crippen LogP contribution in [0.2, 0.25) is 0 Å². The summed E-state index contributed by atoms with van der Waals surface area (Å²) in [6.45, 7) is 10.9. The molecule has 20 heavy (non-hydrogen) atoms.